The van der Waals surface area contributed by atoms with Gasteiger partial charge in [-0.15, -0.1) is 12.4 Å². The average Bonchev–Trinajstić information content (AvgIpc) is 3.01. The number of nitrogens with zero attached hydrogens (tertiary/aromatic N) is 3. The largest absolute Gasteiger partial charge is 0.383 e. The SMILES string of the molecule is COC[C@H]1CN[C@H](C)CN1CC(=O)N1CC(C)(C)c2ccc(Cc3ccccc3)nc21.Cl. The third kappa shape index (κ3) is 5.31. The van der Waals surface area contributed by atoms with Gasteiger partial charge in [-0.2, -0.15) is 0 Å². The molecule has 4 rings (SSSR count). The van der Waals surface area contributed by atoms with Crippen molar-refractivity contribution in [3.63, 3.8) is 0 Å². The Labute approximate surface area is 197 Å². The second kappa shape index (κ2) is 10.3. The predicted octanol–water partition coefficient (Wildman–Crippen LogP) is 3.03. The summed E-state index contributed by atoms with van der Waals surface area (Å²) in [6.45, 7) is 9.90. The number of piperazine rings is 1. The van der Waals surface area contributed by atoms with Gasteiger partial charge in [-0.05, 0) is 18.6 Å². The molecule has 2 atom stereocenters. The molecular weight excluding hydrogens is 424 g/mol. The number of hydrogen-bond donors (Lipinski definition) is 1. The van der Waals surface area contributed by atoms with Crippen LogP contribution in [0.25, 0.3) is 0 Å². The first-order valence-corrected chi connectivity index (χ1v) is 11.2. The number of carbonyl (C=O) groups excluding carboxylic acids is 1. The highest BCUT2D eigenvalue weighted by Crippen LogP contribution is 2.39. The summed E-state index contributed by atoms with van der Waals surface area (Å²) in [5.41, 5.74) is 3.27. The molecule has 0 bridgehead atoms. The summed E-state index contributed by atoms with van der Waals surface area (Å²) in [7, 11) is 1.72. The summed E-state index contributed by atoms with van der Waals surface area (Å²) in [6.07, 6.45) is 0.766. The highest BCUT2D eigenvalue weighted by Gasteiger charge is 2.40. The maximum absolute atomic E-state index is 13.5. The quantitative estimate of drug-likeness (QED) is 0.721. The number of anilines is 1. The monoisotopic (exact) mass is 458 g/mol. The molecule has 1 saturated heterocycles. The Morgan fingerprint density at radius 2 is 1.97 bits per heavy atom. The number of rotatable bonds is 6. The van der Waals surface area contributed by atoms with Crippen molar-refractivity contribution in [2.75, 3.05) is 44.8 Å². The highest BCUT2D eigenvalue weighted by atomic mass is 35.5. The number of amides is 1. The van der Waals surface area contributed by atoms with Crippen molar-refractivity contribution in [2.24, 2.45) is 0 Å². The van der Waals surface area contributed by atoms with Crippen molar-refractivity contribution >= 4 is 24.1 Å². The molecular formula is C25H35ClN4O2. The van der Waals surface area contributed by atoms with Crippen molar-refractivity contribution in [1.29, 1.82) is 0 Å². The predicted molar refractivity (Wildman–Crippen MR) is 131 cm³/mol. The first kappa shape index (κ1) is 24.6. The van der Waals surface area contributed by atoms with Crippen LogP contribution >= 0.6 is 12.4 Å². The van der Waals surface area contributed by atoms with E-state index in [4.69, 9.17) is 9.72 Å². The van der Waals surface area contributed by atoms with Crippen molar-refractivity contribution in [3.8, 4) is 0 Å². The molecule has 0 spiro atoms. The molecule has 0 aliphatic carbocycles. The van der Waals surface area contributed by atoms with Crippen LogP contribution in [0.4, 0.5) is 5.82 Å². The zero-order valence-electron chi connectivity index (χ0n) is 19.5. The number of pyridine rings is 1. The summed E-state index contributed by atoms with van der Waals surface area (Å²) in [6, 6.07) is 15.2. The van der Waals surface area contributed by atoms with E-state index in [0.29, 0.717) is 25.7 Å². The number of hydrogen-bond acceptors (Lipinski definition) is 5. The van der Waals surface area contributed by atoms with Crippen molar-refractivity contribution in [2.45, 2.75) is 44.7 Å². The zero-order valence-corrected chi connectivity index (χ0v) is 20.3. The third-order valence-corrected chi connectivity index (χ3v) is 6.42. The van der Waals surface area contributed by atoms with E-state index in [2.05, 4.69) is 55.3 Å². The molecule has 1 aromatic carbocycles. The number of carbonyl (C=O) groups is 1. The lowest BCUT2D eigenvalue weighted by molar-refractivity contribution is -0.121. The first-order chi connectivity index (χ1) is 14.9. The molecule has 6 nitrogen and oxygen atoms in total. The molecule has 3 heterocycles. The Morgan fingerprint density at radius 1 is 1.22 bits per heavy atom. The summed E-state index contributed by atoms with van der Waals surface area (Å²) in [5.74, 6) is 0.946. The van der Waals surface area contributed by atoms with Gasteiger partial charge in [0.2, 0.25) is 5.91 Å². The molecule has 0 saturated carbocycles. The number of methoxy groups -OCH3 is 1. The normalized spacial score (nSPS) is 22.3. The first-order valence-electron chi connectivity index (χ1n) is 11.2. The fourth-order valence-corrected chi connectivity index (χ4v) is 4.73. The molecule has 0 unspecified atom stereocenters. The van der Waals surface area contributed by atoms with Crippen LogP contribution in [0.15, 0.2) is 42.5 Å². The van der Waals surface area contributed by atoms with Gasteiger partial charge in [0.25, 0.3) is 0 Å². The molecule has 32 heavy (non-hydrogen) atoms. The van der Waals surface area contributed by atoms with Gasteiger partial charge in [-0.3, -0.25) is 14.6 Å². The van der Waals surface area contributed by atoms with Crippen LogP contribution in [0.1, 0.15) is 37.6 Å². The second-order valence-electron chi connectivity index (χ2n) is 9.55. The second-order valence-corrected chi connectivity index (χ2v) is 9.55. The Balaban J connectivity index is 0.00000289. The molecule has 1 aromatic heterocycles. The summed E-state index contributed by atoms with van der Waals surface area (Å²) < 4.78 is 5.40. The molecule has 7 heteroatoms. The molecule has 2 aliphatic rings. The van der Waals surface area contributed by atoms with Crippen LogP contribution in [-0.2, 0) is 21.4 Å². The fraction of sp³-hybridized carbons (Fsp3) is 0.520. The lowest BCUT2D eigenvalue weighted by Gasteiger charge is -2.39. The van der Waals surface area contributed by atoms with Gasteiger partial charge < -0.3 is 10.1 Å². The minimum Gasteiger partial charge on any atom is -0.383 e. The molecule has 2 aromatic rings. The topological polar surface area (TPSA) is 57.7 Å². The summed E-state index contributed by atoms with van der Waals surface area (Å²) in [4.78, 5) is 22.6. The Kier molecular flexibility index (Phi) is 7.93. The van der Waals surface area contributed by atoms with E-state index in [-0.39, 0.29) is 29.8 Å². The van der Waals surface area contributed by atoms with E-state index in [1.807, 2.05) is 23.1 Å². The number of benzene rings is 1. The molecule has 174 valence electrons. The molecule has 2 aliphatic heterocycles. The maximum atomic E-state index is 13.5. The van der Waals surface area contributed by atoms with Crippen LogP contribution in [0.3, 0.4) is 0 Å². The Hall–Kier alpha value is -1.99. The number of halogens is 1. The molecule has 1 N–H and O–H groups in total. The fourth-order valence-electron chi connectivity index (χ4n) is 4.73. The number of fused-ring (bicyclic) bond motifs is 1. The van der Waals surface area contributed by atoms with Gasteiger partial charge in [0.1, 0.15) is 5.82 Å². The minimum atomic E-state index is -0.105. The van der Waals surface area contributed by atoms with E-state index < -0.39 is 0 Å². The smallest absolute Gasteiger partial charge is 0.242 e. The summed E-state index contributed by atoms with van der Waals surface area (Å²) >= 11 is 0. The van der Waals surface area contributed by atoms with E-state index in [0.717, 1.165) is 36.6 Å². The zero-order chi connectivity index (χ0) is 22.0. The molecule has 0 radical (unpaired) electrons. The third-order valence-electron chi connectivity index (χ3n) is 6.42. The van der Waals surface area contributed by atoms with Crippen molar-refractivity contribution in [3.05, 3.63) is 59.3 Å². The van der Waals surface area contributed by atoms with Gasteiger partial charge in [0, 0.05) is 61.9 Å². The Bertz CT molecular complexity index is 921. The molecule has 1 amide bonds. The number of aromatic nitrogens is 1. The van der Waals surface area contributed by atoms with Gasteiger partial charge in [0.15, 0.2) is 0 Å². The van der Waals surface area contributed by atoms with Crippen LogP contribution in [-0.4, -0.2) is 67.8 Å². The Morgan fingerprint density at radius 3 is 2.69 bits per heavy atom. The van der Waals surface area contributed by atoms with Gasteiger partial charge in [-0.1, -0.05) is 50.2 Å². The van der Waals surface area contributed by atoms with Crippen molar-refractivity contribution < 1.29 is 9.53 Å². The van der Waals surface area contributed by atoms with E-state index in [1.54, 1.807) is 7.11 Å². The number of nitrogens with one attached hydrogen (secondary N) is 1. The van der Waals surface area contributed by atoms with Crippen LogP contribution < -0.4 is 10.2 Å². The lowest BCUT2D eigenvalue weighted by atomic mass is 9.88. The lowest BCUT2D eigenvalue weighted by Crippen LogP contribution is -2.59. The average molecular weight is 459 g/mol. The number of ether oxygens (including phenoxy) is 1. The molecule has 1 fully saturated rings. The maximum Gasteiger partial charge on any atom is 0.242 e. The van der Waals surface area contributed by atoms with Crippen LogP contribution in [0, 0.1) is 0 Å². The van der Waals surface area contributed by atoms with E-state index >= 15 is 0 Å². The van der Waals surface area contributed by atoms with Crippen LogP contribution in [0.2, 0.25) is 0 Å². The van der Waals surface area contributed by atoms with E-state index in [1.165, 1.54) is 5.56 Å². The minimum absolute atomic E-state index is 0. The van der Waals surface area contributed by atoms with Gasteiger partial charge in [-0.25, -0.2) is 4.98 Å². The highest BCUT2D eigenvalue weighted by molar-refractivity contribution is 5.96. The van der Waals surface area contributed by atoms with Gasteiger partial charge in [0.05, 0.1) is 13.2 Å². The van der Waals surface area contributed by atoms with E-state index in [9.17, 15) is 4.79 Å². The van der Waals surface area contributed by atoms with Gasteiger partial charge >= 0.3 is 0 Å². The summed E-state index contributed by atoms with van der Waals surface area (Å²) in [5, 5.41) is 3.49. The standard InChI is InChI=1S/C25H34N4O2.ClH/c1-18-14-28(21(13-26-18)16-31-4)15-23(30)29-17-25(2,3)22-11-10-20(27-24(22)29)12-19-8-6-5-7-9-19;/h5-11,18,21,26H,12-17H2,1-4H3;1H/t18-,21-;/m1./s1. The van der Waals surface area contributed by atoms with Crippen LogP contribution in [0.5, 0.6) is 0 Å². The van der Waals surface area contributed by atoms with Crippen molar-refractivity contribution in [1.82, 2.24) is 15.2 Å².